The van der Waals surface area contributed by atoms with E-state index in [1.54, 1.807) is 0 Å². The van der Waals surface area contributed by atoms with Gasteiger partial charge in [-0.15, -0.1) is 0 Å². The number of carbonyl (C=O) groups excluding carboxylic acids is 3. The van der Waals surface area contributed by atoms with Crippen molar-refractivity contribution in [3.63, 3.8) is 0 Å². The molecule has 0 bridgehead atoms. The molecule has 0 aliphatic heterocycles. The van der Waals surface area contributed by atoms with Gasteiger partial charge >= 0.3 is 17.9 Å². The highest BCUT2D eigenvalue weighted by Gasteiger charge is 2.19. The normalized spacial score (nSPS) is 12.6. The van der Waals surface area contributed by atoms with Gasteiger partial charge in [-0.1, -0.05) is 298 Å². The molecular formula is C71H124O6. The SMILES string of the molecule is CC/C=C\C/C=C\C/C=C\C/C=C\C/C=C\C/C=C\CCCCCCCCC(=O)OCC(COC(=O)CCCCCCCCCCC)OC(=O)CCCCCCCCCCCCCCC/C=C\CCCCCCCCCC. The van der Waals surface area contributed by atoms with Gasteiger partial charge in [0.1, 0.15) is 13.2 Å². The van der Waals surface area contributed by atoms with E-state index in [9.17, 15) is 14.4 Å². The number of hydrogen-bond acceptors (Lipinski definition) is 6. The van der Waals surface area contributed by atoms with Crippen molar-refractivity contribution < 1.29 is 28.6 Å². The van der Waals surface area contributed by atoms with Gasteiger partial charge in [0.05, 0.1) is 0 Å². The monoisotopic (exact) mass is 1070 g/mol. The number of rotatable bonds is 60. The van der Waals surface area contributed by atoms with Crippen LogP contribution in [0.4, 0.5) is 0 Å². The molecule has 0 fully saturated rings. The minimum Gasteiger partial charge on any atom is -0.462 e. The van der Waals surface area contributed by atoms with E-state index in [1.807, 2.05) is 0 Å². The fraction of sp³-hybridized carbons (Fsp3) is 0.761. The lowest BCUT2D eigenvalue weighted by atomic mass is 10.0. The number of hydrogen-bond donors (Lipinski definition) is 0. The zero-order chi connectivity index (χ0) is 55.7. The van der Waals surface area contributed by atoms with Gasteiger partial charge in [-0.25, -0.2) is 0 Å². The Bertz CT molecular complexity index is 1470. The molecule has 0 radical (unpaired) electrons. The van der Waals surface area contributed by atoms with E-state index in [4.69, 9.17) is 14.2 Å². The summed E-state index contributed by atoms with van der Waals surface area (Å²) in [7, 11) is 0. The molecule has 0 aromatic carbocycles. The van der Waals surface area contributed by atoms with Gasteiger partial charge in [-0.05, 0) is 96.3 Å². The van der Waals surface area contributed by atoms with E-state index in [0.29, 0.717) is 19.3 Å². The maximum absolute atomic E-state index is 12.9. The maximum Gasteiger partial charge on any atom is 0.306 e. The van der Waals surface area contributed by atoms with Crippen molar-refractivity contribution in [3.05, 3.63) is 85.1 Å². The predicted octanol–water partition coefficient (Wildman–Crippen LogP) is 22.7. The number of unbranched alkanes of at least 4 members (excludes halogenated alkanes) is 35. The molecule has 6 heteroatoms. The van der Waals surface area contributed by atoms with E-state index in [0.717, 1.165) is 103 Å². The van der Waals surface area contributed by atoms with Crippen LogP contribution in [0.15, 0.2) is 85.1 Å². The lowest BCUT2D eigenvalue weighted by Crippen LogP contribution is -2.30. The topological polar surface area (TPSA) is 78.9 Å². The highest BCUT2D eigenvalue weighted by molar-refractivity contribution is 5.71. The fourth-order valence-electron chi connectivity index (χ4n) is 9.44. The molecule has 1 unspecified atom stereocenters. The van der Waals surface area contributed by atoms with Gasteiger partial charge < -0.3 is 14.2 Å². The summed E-state index contributed by atoms with van der Waals surface area (Å²) >= 11 is 0. The summed E-state index contributed by atoms with van der Waals surface area (Å²) < 4.78 is 16.9. The van der Waals surface area contributed by atoms with E-state index in [2.05, 4.69) is 106 Å². The second-order valence-electron chi connectivity index (χ2n) is 22.0. The zero-order valence-electron chi connectivity index (χ0n) is 51.0. The highest BCUT2D eigenvalue weighted by atomic mass is 16.6. The van der Waals surface area contributed by atoms with Gasteiger partial charge in [0.15, 0.2) is 6.10 Å². The third-order valence-electron chi connectivity index (χ3n) is 14.4. The summed E-state index contributed by atoms with van der Waals surface area (Å²) in [6.07, 6.45) is 86.1. The Morgan fingerprint density at radius 3 is 0.805 bits per heavy atom. The van der Waals surface area contributed by atoms with Crippen LogP contribution in [0.1, 0.15) is 329 Å². The Hall–Kier alpha value is -3.41. The van der Waals surface area contributed by atoms with Crippen LogP contribution >= 0.6 is 0 Å². The van der Waals surface area contributed by atoms with Crippen LogP contribution < -0.4 is 0 Å². The van der Waals surface area contributed by atoms with Crippen molar-refractivity contribution in [3.8, 4) is 0 Å². The van der Waals surface area contributed by atoms with E-state index >= 15 is 0 Å². The summed E-state index contributed by atoms with van der Waals surface area (Å²) in [5.74, 6) is -0.883. The first kappa shape index (κ1) is 73.6. The van der Waals surface area contributed by atoms with Crippen LogP contribution in [0.2, 0.25) is 0 Å². The molecule has 0 aliphatic rings. The smallest absolute Gasteiger partial charge is 0.306 e. The molecule has 0 saturated carbocycles. The van der Waals surface area contributed by atoms with E-state index < -0.39 is 6.10 Å². The van der Waals surface area contributed by atoms with Crippen LogP contribution in [-0.4, -0.2) is 37.2 Å². The first-order valence-corrected chi connectivity index (χ1v) is 33.1. The second-order valence-corrected chi connectivity index (χ2v) is 22.0. The molecule has 444 valence electrons. The number of ether oxygens (including phenoxy) is 3. The van der Waals surface area contributed by atoms with E-state index in [1.165, 1.54) is 186 Å². The molecule has 0 amide bonds. The minimum absolute atomic E-state index is 0.0784. The van der Waals surface area contributed by atoms with Crippen molar-refractivity contribution in [2.45, 2.75) is 335 Å². The summed E-state index contributed by atoms with van der Waals surface area (Å²) in [5, 5.41) is 0. The van der Waals surface area contributed by atoms with Crippen LogP contribution in [0.3, 0.4) is 0 Å². The first-order valence-electron chi connectivity index (χ1n) is 33.1. The lowest BCUT2D eigenvalue weighted by molar-refractivity contribution is -0.167. The van der Waals surface area contributed by atoms with Gasteiger partial charge in [0.2, 0.25) is 0 Å². The van der Waals surface area contributed by atoms with Gasteiger partial charge in [-0.3, -0.25) is 14.4 Å². The molecule has 0 rings (SSSR count). The lowest BCUT2D eigenvalue weighted by Gasteiger charge is -2.18. The Morgan fingerprint density at radius 1 is 0.273 bits per heavy atom. The molecule has 0 saturated heterocycles. The minimum atomic E-state index is -0.781. The number of allylic oxidation sites excluding steroid dienone is 14. The van der Waals surface area contributed by atoms with Gasteiger partial charge in [0, 0.05) is 19.3 Å². The summed E-state index contributed by atoms with van der Waals surface area (Å²) in [6, 6.07) is 0. The Balaban J connectivity index is 4.23. The Kier molecular flexibility index (Phi) is 62.2. The summed E-state index contributed by atoms with van der Waals surface area (Å²) in [6.45, 7) is 6.53. The largest absolute Gasteiger partial charge is 0.462 e. The van der Waals surface area contributed by atoms with Crippen LogP contribution in [0.5, 0.6) is 0 Å². The Labute approximate surface area is 477 Å². The van der Waals surface area contributed by atoms with Crippen molar-refractivity contribution in [1.82, 2.24) is 0 Å². The second kappa shape index (κ2) is 65.1. The van der Waals surface area contributed by atoms with Crippen LogP contribution in [0, 0.1) is 0 Å². The van der Waals surface area contributed by atoms with Crippen molar-refractivity contribution in [2.75, 3.05) is 13.2 Å². The molecule has 0 spiro atoms. The van der Waals surface area contributed by atoms with Crippen LogP contribution in [-0.2, 0) is 28.6 Å². The average molecular weight is 1070 g/mol. The first-order chi connectivity index (χ1) is 38.0. The number of carbonyl (C=O) groups is 3. The average Bonchev–Trinajstić information content (AvgIpc) is 3.43. The Morgan fingerprint density at radius 2 is 0.506 bits per heavy atom. The standard InChI is InChI=1S/C71H124O6/c1-4-7-10-13-16-19-21-23-25-27-29-31-33-35-37-39-41-43-45-47-49-52-55-58-61-64-70(73)76-67-68(66-75-69(72)63-60-57-54-51-18-15-12-9-6-3)77-71(74)65-62-59-56-53-50-48-46-44-42-40-38-36-34-32-30-28-26-24-22-20-17-14-11-8-5-2/h7,10,16,19,23,25,28-31,35,37,41,43,68H,4-6,8-9,11-15,17-18,20-22,24,26-27,32-34,36,38-40,42,44-67H2,1-3H3/b10-7-,19-16-,25-23-,30-28-,31-29-,37-35-,43-41-. The van der Waals surface area contributed by atoms with Crippen molar-refractivity contribution in [2.24, 2.45) is 0 Å². The summed E-state index contributed by atoms with van der Waals surface area (Å²) in [4.78, 5) is 38.2. The molecule has 0 aromatic heterocycles. The molecule has 77 heavy (non-hydrogen) atoms. The van der Waals surface area contributed by atoms with Gasteiger partial charge in [0.25, 0.3) is 0 Å². The quantitative estimate of drug-likeness (QED) is 0.0261. The molecule has 6 nitrogen and oxygen atoms in total. The summed E-state index contributed by atoms with van der Waals surface area (Å²) in [5.41, 5.74) is 0. The third kappa shape index (κ3) is 63.3. The number of esters is 3. The maximum atomic E-state index is 12.9. The molecule has 0 heterocycles. The fourth-order valence-corrected chi connectivity index (χ4v) is 9.44. The molecule has 0 aromatic rings. The van der Waals surface area contributed by atoms with Crippen molar-refractivity contribution in [1.29, 1.82) is 0 Å². The molecule has 1 atom stereocenters. The zero-order valence-corrected chi connectivity index (χ0v) is 51.0. The molecule has 0 aliphatic carbocycles. The van der Waals surface area contributed by atoms with Crippen molar-refractivity contribution >= 4 is 17.9 Å². The third-order valence-corrected chi connectivity index (χ3v) is 14.4. The van der Waals surface area contributed by atoms with Crippen LogP contribution in [0.25, 0.3) is 0 Å². The van der Waals surface area contributed by atoms with Gasteiger partial charge in [-0.2, -0.15) is 0 Å². The predicted molar refractivity (Wildman–Crippen MR) is 334 cm³/mol. The molecule has 0 N–H and O–H groups in total. The van der Waals surface area contributed by atoms with E-state index in [-0.39, 0.29) is 31.1 Å². The highest BCUT2D eigenvalue weighted by Crippen LogP contribution is 2.17. The molecular weight excluding hydrogens is 949 g/mol.